The number of nitriles is 1. The molecule has 2 aromatic carbocycles. The molecule has 0 heterocycles. The predicted octanol–water partition coefficient (Wildman–Crippen LogP) is 3.92. The summed E-state index contributed by atoms with van der Waals surface area (Å²) in [5.41, 5.74) is 1.49. The first kappa shape index (κ1) is 15.2. The van der Waals surface area contributed by atoms with Gasteiger partial charge in [-0.3, -0.25) is 4.79 Å². The van der Waals surface area contributed by atoms with E-state index >= 15 is 0 Å². The molecular weight excluding hydrogens is 309 g/mol. The molecule has 106 valence electrons. The Morgan fingerprint density at radius 3 is 2.62 bits per heavy atom. The van der Waals surface area contributed by atoms with Gasteiger partial charge in [-0.1, -0.05) is 29.3 Å². The molecular formula is C15H11Cl2N3O. The Bertz CT molecular complexity index is 710. The Morgan fingerprint density at radius 1 is 1.14 bits per heavy atom. The minimum atomic E-state index is -0.284. The molecule has 0 unspecified atom stereocenters. The minimum absolute atomic E-state index is 0.0533. The van der Waals surface area contributed by atoms with Crippen molar-refractivity contribution >= 4 is 40.5 Å². The van der Waals surface area contributed by atoms with Gasteiger partial charge in [-0.2, -0.15) is 5.26 Å². The van der Waals surface area contributed by atoms with E-state index in [0.717, 1.165) is 5.69 Å². The van der Waals surface area contributed by atoms with Crippen LogP contribution in [0.5, 0.6) is 0 Å². The highest BCUT2D eigenvalue weighted by Gasteiger charge is 2.07. The maximum Gasteiger partial charge on any atom is 0.243 e. The summed E-state index contributed by atoms with van der Waals surface area (Å²) in [5, 5.41) is 15.6. The Hall–Kier alpha value is -2.22. The molecule has 21 heavy (non-hydrogen) atoms. The van der Waals surface area contributed by atoms with Gasteiger partial charge in [-0.25, -0.2) is 0 Å². The van der Waals surface area contributed by atoms with E-state index in [0.29, 0.717) is 21.3 Å². The van der Waals surface area contributed by atoms with Crippen molar-refractivity contribution in [1.82, 2.24) is 0 Å². The first-order valence-corrected chi connectivity index (χ1v) is 6.83. The van der Waals surface area contributed by atoms with Crippen molar-refractivity contribution in [3.63, 3.8) is 0 Å². The second kappa shape index (κ2) is 6.98. The van der Waals surface area contributed by atoms with Gasteiger partial charge in [0.05, 0.1) is 17.8 Å². The van der Waals surface area contributed by atoms with Crippen LogP contribution < -0.4 is 10.6 Å². The van der Waals surface area contributed by atoms with Crippen LogP contribution in [0.3, 0.4) is 0 Å². The minimum Gasteiger partial charge on any atom is -0.376 e. The SMILES string of the molecule is N#Cc1ccc(Cl)cc1NC(=O)CNc1cccc(Cl)c1. The number of hydrogen-bond donors (Lipinski definition) is 2. The largest absolute Gasteiger partial charge is 0.376 e. The molecule has 0 saturated carbocycles. The van der Waals surface area contributed by atoms with Gasteiger partial charge in [0.15, 0.2) is 0 Å². The number of carbonyl (C=O) groups is 1. The summed E-state index contributed by atoms with van der Waals surface area (Å²) >= 11 is 11.7. The summed E-state index contributed by atoms with van der Waals surface area (Å²) in [7, 11) is 0. The summed E-state index contributed by atoms with van der Waals surface area (Å²) < 4.78 is 0. The summed E-state index contributed by atoms with van der Waals surface area (Å²) in [5.74, 6) is -0.284. The molecule has 0 radical (unpaired) electrons. The zero-order valence-electron chi connectivity index (χ0n) is 10.9. The standard InChI is InChI=1S/C15H11Cl2N3O/c16-11-2-1-3-13(6-11)19-9-15(21)20-14-7-12(17)5-4-10(14)8-18/h1-7,19H,9H2,(H,20,21). The molecule has 0 aliphatic carbocycles. The van der Waals surface area contributed by atoms with Gasteiger partial charge in [0, 0.05) is 15.7 Å². The van der Waals surface area contributed by atoms with Gasteiger partial charge < -0.3 is 10.6 Å². The number of benzene rings is 2. The summed E-state index contributed by atoms with van der Waals surface area (Å²) in [6, 6.07) is 13.7. The van der Waals surface area contributed by atoms with Crippen molar-refractivity contribution in [2.24, 2.45) is 0 Å². The number of hydrogen-bond acceptors (Lipinski definition) is 3. The quantitative estimate of drug-likeness (QED) is 0.897. The molecule has 0 aromatic heterocycles. The lowest BCUT2D eigenvalue weighted by Gasteiger charge is -2.09. The van der Waals surface area contributed by atoms with Crippen molar-refractivity contribution in [1.29, 1.82) is 5.26 Å². The van der Waals surface area contributed by atoms with Gasteiger partial charge in [0.25, 0.3) is 0 Å². The molecule has 0 atom stereocenters. The van der Waals surface area contributed by atoms with Crippen LogP contribution in [0.15, 0.2) is 42.5 Å². The van der Waals surface area contributed by atoms with E-state index in [1.54, 1.807) is 36.4 Å². The highest BCUT2D eigenvalue weighted by atomic mass is 35.5. The van der Waals surface area contributed by atoms with E-state index in [1.807, 2.05) is 6.07 Å². The zero-order chi connectivity index (χ0) is 15.2. The number of nitrogens with zero attached hydrogens (tertiary/aromatic N) is 1. The highest BCUT2D eigenvalue weighted by Crippen LogP contribution is 2.20. The second-order valence-electron chi connectivity index (χ2n) is 4.21. The summed E-state index contributed by atoms with van der Waals surface area (Å²) in [6.07, 6.45) is 0. The molecule has 1 amide bonds. The molecule has 2 rings (SSSR count). The second-order valence-corrected chi connectivity index (χ2v) is 5.09. The van der Waals surface area contributed by atoms with Crippen molar-refractivity contribution in [2.75, 3.05) is 17.2 Å². The topological polar surface area (TPSA) is 64.9 Å². The Labute approximate surface area is 132 Å². The van der Waals surface area contributed by atoms with Crippen molar-refractivity contribution in [2.45, 2.75) is 0 Å². The van der Waals surface area contributed by atoms with Crippen LogP contribution in [0, 0.1) is 11.3 Å². The molecule has 0 bridgehead atoms. The Kier molecular flexibility index (Phi) is 5.04. The fourth-order valence-electron chi connectivity index (χ4n) is 1.69. The van der Waals surface area contributed by atoms with Crippen LogP contribution in [0.2, 0.25) is 10.0 Å². The Balaban J connectivity index is 1.99. The molecule has 0 aliphatic rings. The van der Waals surface area contributed by atoms with E-state index in [-0.39, 0.29) is 12.5 Å². The zero-order valence-corrected chi connectivity index (χ0v) is 12.4. The first-order valence-electron chi connectivity index (χ1n) is 6.07. The lowest BCUT2D eigenvalue weighted by atomic mass is 10.2. The first-order chi connectivity index (χ1) is 10.1. The maximum atomic E-state index is 11.9. The van der Waals surface area contributed by atoms with Gasteiger partial charge in [0.2, 0.25) is 5.91 Å². The lowest BCUT2D eigenvalue weighted by molar-refractivity contribution is -0.114. The third kappa shape index (κ3) is 4.38. The van der Waals surface area contributed by atoms with Crippen molar-refractivity contribution in [3.8, 4) is 6.07 Å². The van der Waals surface area contributed by atoms with Crippen LogP contribution in [0.25, 0.3) is 0 Å². The maximum absolute atomic E-state index is 11.9. The molecule has 0 saturated heterocycles. The van der Waals surface area contributed by atoms with E-state index < -0.39 is 0 Å². The number of amides is 1. The molecule has 2 N–H and O–H groups in total. The van der Waals surface area contributed by atoms with Crippen LogP contribution >= 0.6 is 23.2 Å². The van der Waals surface area contributed by atoms with Gasteiger partial charge in [0.1, 0.15) is 6.07 Å². The molecule has 6 heteroatoms. The molecule has 2 aromatic rings. The van der Waals surface area contributed by atoms with Gasteiger partial charge in [-0.15, -0.1) is 0 Å². The van der Waals surface area contributed by atoms with Gasteiger partial charge in [-0.05, 0) is 36.4 Å². The van der Waals surface area contributed by atoms with E-state index in [1.165, 1.54) is 6.07 Å². The number of anilines is 2. The fraction of sp³-hybridized carbons (Fsp3) is 0.0667. The molecule has 0 aliphatic heterocycles. The van der Waals surface area contributed by atoms with Crippen LogP contribution in [0.4, 0.5) is 11.4 Å². The molecule has 0 fully saturated rings. The Morgan fingerprint density at radius 2 is 1.90 bits per heavy atom. The number of rotatable bonds is 4. The van der Waals surface area contributed by atoms with Crippen LogP contribution in [0.1, 0.15) is 5.56 Å². The van der Waals surface area contributed by atoms with Crippen LogP contribution in [-0.2, 0) is 4.79 Å². The fourth-order valence-corrected chi connectivity index (χ4v) is 2.05. The number of halogens is 2. The average molecular weight is 320 g/mol. The van der Waals surface area contributed by atoms with Crippen LogP contribution in [-0.4, -0.2) is 12.5 Å². The summed E-state index contributed by atoms with van der Waals surface area (Å²) in [6.45, 7) is 0.0533. The highest BCUT2D eigenvalue weighted by molar-refractivity contribution is 6.31. The average Bonchev–Trinajstić information content (AvgIpc) is 2.45. The number of carbonyl (C=O) groups excluding carboxylic acids is 1. The van der Waals surface area contributed by atoms with Crippen molar-refractivity contribution < 1.29 is 4.79 Å². The smallest absolute Gasteiger partial charge is 0.243 e. The third-order valence-corrected chi connectivity index (χ3v) is 3.12. The van der Waals surface area contributed by atoms with Crippen molar-refractivity contribution in [3.05, 3.63) is 58.1 Å². The van der Waals surface area contributed by atoms with E-state index in [4.69, 9.17) is 28.5 Å². The van der Waals surface area contributed by atoms with E-state index in [9.17, 15) is 4.79 Å². The number of nitrogens with one attached hydrogen (secondary N) is 2. The monoisotopic (exact) mass is 319 g/mol. The molecule has 4 nitrogen and oxygen atoms in total. The van der Waals surface area contributed by atoms with Gasteiger partial charge >= 0.3 is 0 Å². The summed E-state index contributed by atoms with van der Waals surface area (Å²) in [4.78, 5) is 11.9. The predicted molar refractivity (Wildman–Crippen MR) is 84.7 cm³/mol. The normalized spacial score (nSPS) is 9.76. The third-order valence-electron chi connectivity index (χ3n) is 2.65. The molecule has 0 spiro atoms. The van der Waals surface area contributed by atoms with E-state index in [2.05, 4.69) is 10.6 Å². The lowest BCUT2D eigenvalue weighted by Crippen LogP contribution is -2.22.